The molecule has 0 radical (unpaired) electrons. The summed E-state index contributed by atoms with van der Waals surface area (Å²) in [6.07, 6.45) is 0. The van der Waals surface area contributed by atoms with Crippen LogP contribution >= 0.6 is 0 Å². The van der Waals surface area contributed by atoms with Gasteiger partial charge in [-0.15, -0.1) is 0 Å². The Morgan fingerprint density at radius 1 is 0.720 bits per heavy atom. The first-order chi connectivity index (χ1) is 11.2. The maximum Gasteiger partial charge on any atom is 2.00 e. The summed E-state index contributed by atoms with van der Waals surface area (Å²) < 4.78 is 0. The third kappa shape index (κ3) is 59.6. The topological polar surface area (TPSA) is 127 Å². The van der Waals surface area contributed by atoms with Gasteiger partial charge in [0.25, 0.3) is 0 Å². The first-order valence-electron chi connectivity index (χ1n) is 8.17. The molecule has 0 fully saturated rings. The zero-order valence-corrected chi connectivity index (χ0v) is 17.9. The quantitative estimate of drug-likeness (QED) is 0.406. The Morgan fingerprint density at radius 3 is 0.920 bits per heavy atom. The molecule has 0 saturated carbocycles. The Kier molecular flexibility index (Phi) is 44.4. The fourth-order valence-corrected chi connectivity index (χ4v) is 1.36. The van der Waals surface area contributed by atoms with E-state index in [0.29, 0.717) is 0 Å². The molecule has 0 spiro atoms. The fraction of sp³-hybridized carbons (Fsp3) is 0.875. The van der Waals surface area contributed by atoms with Crippen LogP contribution in [0.2, 0.25) is 0 Å². The van der Waals surface area contributed by atoms with Gasteiger partial charge in [0.15, 0.2) is 0 Å². The zero-order chi connectivity index (χ0) is 20.0. The van der Waals surface area contributed by atoms with Gasteiger partial charge in [-0.2, -0.15) is 0 Å². The molecule has 8 nitrogen and oxygen atoms in total. The molecule has 0 saturated heterocycles. The van der Waals surface area contributed by atoms with Gasteiger partial charge in [0.2, 0.25) is 0 Å². The number of hydrogen-bond acceptors (Lipinski definition) is 8. The number of likely N-dealkylation sites (N-methyl/N-ethyl adjacent to an activating group) is 2. The van der Waals surface area contributed by atoms with Crippen molar-refractivity contribution >= 4 is 11.9 Å². The minimum Gasteiger partial charge on any atom is -0.550 e. The van der Waals surface area contributed by atoms with E-state index in [1.54, 1.807) is 0 Å². The summed E-state index contributed by atoms with van der Waals surface area (Å²) in [6, 6.07) is 0. The predicted octanol–water partition coefficient (Wildman–Crippen LogP) is -1.85. The number of aliphatic hydroxyl groups excluding tert-OH is 2. The van der Waals surface area contributed by atoms with Gasteiger partial charge in [-0.1, -0.05) is 27.7 Å². The molecule has 0 bridgehead atoms. The summed E-state index contributed by atoms with van der Waals surface area (Å²) in [5, 5.41) is 34.7. The van der Waals surface area contributed by atoms with E-state index >= 15 is 0 Å². The second-order valence-electron chi connectivity index (χ2n) is 4.48. The third-order valence-corrected chi connectivity index (χ3v) is 2.62. The molecule has 0 unspecified atom stereocenters. The van der Waals surface area contributed by atoms with Crippen molar-refractivity contribution in [3.8, 4) is 0 Å². The molecule has 0 rings (SSSR count). The molecular weight excluding hydrogens is 423 g/mol. The van der Waals surface area contributed by atoms with Crippen LogP contribution in [0, 0.1) is 0 Å². The van der Waals surface area contributed by atoms with E-state index in [1.807, 2.05) is 0 Å². The maximum atomic E-state index is 8.89. The number of nitrogens with zero attached hydrogens (tertiary/aromatic N) is 2. The Hall–Kier alpha value is -0.558. The molecule has 156 valence electrons. The second kappa shape index (κ2) is 31.2. The summed E-state index contributed by atoms with van der Waals surface area (Å²) in [5.41, 5.74) is 0. The third-order valence-electron chi connectivity index (χ3n) is 2.62. The summed E-state index contributed by atoms with van der Waals surface area (Å²) in [6.45, 7) is 16.7. The summed E-state index contributed by atoms with van der Waals surface area (Å²) in [7, 11) is 0. The number of rotatable bonds is 8. The number of carboxylic acids is 2. The Morgan fingerprint density at radius 2 is 0.880 bits per heavy atom. The normalized spacial score (nSPS) is 8.72. The Bertz CT molecular complexity index is 229. The number of hydrogen-bond donors (Lipinski definition) is 2. The fourth-order valence-electron chi connectivity index (χ4n) is 1.36. The average Bonchev–Trinajstić information content (AvgIpc) is 2.49. The first-order valence-corrected chi connectivity index (χ1v) is 8.17. The van der Waals surface area contributed by atoms with Crippen molar-refractivity contribution in [1.82, 2.24) is 9.80 Å². The van der Waals surface area contributed by atoms with Crippen LogP contribution in [-0.2, 0) is 30.0 Å². The van der Waals surface area contributed by atoms with Crippen LogP contribution in [0.15, 0.2) is 0 Å². The van der Waals surface area contributed by atoms with Crippen LogP contribution in [0.25, 0.3) is 0 Å². The molecule has 0 heterocycles. The number of carbonyl (C=O) groups excluding carboxylic acids is 2. The van der Waals surface area contributed by atoms with Gasteiger partial charge in [0, 0.05) is 25.0 Å². The van der Waals surface area contributed by atoms with Crippen molar-refractivity contribution in [2.24, 2.45) is 0 Å². The minimum absolute atomic E-state index is 0. The summed E-state index contributed by atoms with van der Waals surface area (Å²) >= 11 is 0. The molecule has 9 heteroatoms. The van der Waals surface area contributed by atoms with Crippen molar-refractivity contribution in [3.05, 3.63) is 0 Å². The predicted molar refractivity (Wildman–Crippen MR) is 91.1 cm³/mol. The SMILES string of the molecule is CC(=O)[O-].CC(=O)[O-].CCN(CC)CCO.CCN(CC)CCO.[Pd+2]. The molecule has 0 aromatic carbocycles. The molecule has 0 aliphatic rings. The Balaban J connectivity index is -0.0000000739. The van der Waals surface area contributed by atoms with Crippen molar-refractivity contribution in [2.75, 3.05) is 52.5 Å². The van der Waals surface area contributed by atoms with Crippen LogP contribution < -0.4 is 10.2 Å². The smallest absolute Gasteiger partial charge is 0.550 e. The van der Waals surface area contributed by atoms with Gasteiger partial charge in [0.1, 0.15) is 0 Å². The van der Waals surface area contributed by atoms with Gasteiger partial charge in [-0.3, -0.25) is 0 Å². The van der Waals surface area contributed by atoms with E-state index in [2.05, 4.69) is 37.5 Å². The van der Waals surface area contributed by atoms with Gasteiger partial charge >= 0.3 is 20.4 Å². The molecule has 0 amide bonds. The molecule has 0 aromatic heterocycles. The van der Waals surface area contributed by atoms with Gasteiger partial charge in [-0.05, 0) is 40.0 Å². The van der Waals surface area contributed by atoms with Crippen molar-refractivity contribution in [1.29, 1.82) is 0 Å². The molecule has 2 N–H and O–H groups in total. The van der Waals surface area contributed by atoms with Gasteiger partial charge < -0.3 is 39.8 Å². The van der Waals surface area contributed by atoms with Crippen LogP contribution in [0.5, 0.6) is 0 Å². The molecule has 25 heavy (non-hydrogen) atoms. The molecule has 0 aliphatic carbocycles. The summed E-state index contributed by atoms with van der Waals surface area (Å²) in [5.74, 6) is -2.17. The second-order valence-corrected chi connectivity index (χ2v) is 4.48. The molecule has 0 aliphatic heterocycles. The van der Waals surface area contributed by atoms with E-state index < -0.39 is 11.9 Å². The van der Waals surface area contributed by atoms with Crippen molar-refractivity contribution in [2.45, 2.75) is 41.5 Å². The van der Waals surface area contributed by atoms with Crippen LogP contribution in [0.1, 0.15) is 41.5 Å². The average molecular weight is 459 g/mol. The monoisotopic (exact) mass is 458 g/mol. The number of carbonyl (C=O) groups is 2. The summed E-state index contributed by atoms with van der Waals surface area (Å²) in [4.78, 5) is 22.1. The minimum atomic E-state index is -1.08. The van der Waals surface area contributed by atoms with Crippen LogP contribution in [-0.4, -0.2) is 84.4 Å². The zero-order valence-electron chi connectivity index (χ0n) is 16.4. The molecular formula is C16H36N2O6Pd. The van der Waals surface area contributed by atoms with Crippen LogP contribution in [0.3, 0.4) is 0 Å². The standard InChI is InChI=1S/2C6H15NO.2C2H4O2.Pd/c2*1-3-7(4-2)5-6-8;2*1-2(3)4;/h2*8H,3-6H2,1-2H3;2*1H3,(H,3,4);/q;;;;+2/p-2. The van der Waals surface area contributed by atoms with Gasteiger partial charge in [-0.25, -0.2) is 0 Å². The molecule has 0 aromatic rings. The van der Waals surface area contributed by atoms with E-state index in [4.69, 9.17) is 30.0 Å². The Labute approximate surface area is 166 Å². The van der Waals surface area contributed by atoms with E-state index in [0.717, 1.165) is 53.1 Å². The van der Waals surface area contributed by atoms with E-state index in [1.165, 1.54) is 0 Å². The molecule has 0 atom stereocenters. The number of aliphatic carboxylic acids is 2. The largest absolute Gasteiger partial charge is 2.00 e. The van der Waals surface area contributed by atoms with Crippen LogP contribution in [0.4, 0.5) is 0 Å². The van der Waals surface area contributed by atoms with E-state index in [9.17, 15) is 0 Å². The maximum absolute atomic E-state index is 8.89. The first kappa shape index (κ1) is 35.5. The number of carboxylic acid groups (broad SMARTS) is 2. The number of aliphatic hydroxyl groups is 2. The van der Waals surface area contributed by atoms with Crippen molar-refractivity contribution in [3.63, 3.8) is 0 Å². The van der Waals surface area contributed by atoms with Gasteiger partial charge in [0.05, 0.1) is 13.2 Å². The van der Waals surface area contributed by atoms with Crippen molar-refractivity contribution < 1.29 is 50.4 Å². The van der Waals surface area contributed by atoms with E-state index in [-0.39, 0.29) is 33.6 Å².